The highest BCUT2D eigenvalue weighted by Crippen LogP contribution is 2.24. The number of carbonyl (C=O) groups is 1. The van der Waals surface area contributed by atoms with Crippen molar-refractivity contribution in [2.75, 3.05) is 10.6 Å². The van der Waals surface area contributed by atoms with E-state index in [1.54, 1.807) is 12.1 Å². The highest BCUT2D eigenvalue weighted by molar-refractivity contribution is 6.03. The summed E-state index contributed by atoms with van der Waals surface area (Å²) in [4.78, 5) is 16.6. The van der Waals surface area contributed by atoms with Gasteiger partial charge in [-0.05, 0) is 31.2 Å². The van der Waals surface area contributed by atoms with Crippen LogP contribution in [0.4, 0.5) is 17.4 Å². The summed E-state index contributed by atoms with van der Waals surface area (Å²) < 4.78 is 10.6. The molecule has 134 valence electrons. The van der Waals surface area contributed by atoms with Gasteiger partial charge in [0.15, 0.2) is 11.5 Å². The predicted octanol–water partition coefficient (Wildman–Crippen LogP) is 4.63. The normalized spacial score (nSPS) is 10.6. The summed E-state index contributed by atoms with van der Waals surface area (Å²) in [6.07, 6.45) is 1.44. The van der Waals surface area contributed by atoms with Crippen molar-refractivity contribution in [2.45, 2.75) is 6.92 Å². The molecule has 2 aromatic carbocycles. The van der Waals surface area contributed by atoms with E-state index in [9.17, 15) is 4.79 Å². The molecule has 0 aliphatic rings. The van der Waals surface area contributed by atoms with Crippen molar-refractivity contribution >= 4 is 23.3 Å². The molecule has 0 atom stereocenters. The van der Waals surface area contributed by atoms with Gasteiger partial charge in [0.1, 0.15) is 12.0 Å². The highest BCUT2D eigenvalue weighted by atomic mass is 16.5. The van der Waals surface area contributed by atoms with Gasteiger partial charge < -0.3 is 19.6 Å². The molecule has 7 heteroatoms. The first-order chi connectivity index (χ1) is 13.2. The second-order valence-corrected chi connectivity index (χ2v) is 5.93. The maximum atomic E-state index is 12.2. The zero-order valence-corrected chi connectivity index (χ0v) is 14.5. The van der Waals surface area contributed by atoms with E-state index in [1.165, 1.54) is 12.3 Å². The fourth-order valence-corrected chi connectivity index (χ4v) is 2.42. The smallest absolute Gasteiger partial charge is 0.299 e. The van der Waals surface area contributed by atoms with Gasteiger partial charge in [-0.15, -0.1) is 0 Å². The van der Waals surface area contributed by atoms with Crippen LogP contribution in [-0.2, 0) is 0 Å². The number of benzene rings is 2. The van der Waals surface area contributed by atoms with E-state index in [-0.39, 0.29) is 11.6 Å². The van der Waals surface area contributed by atoms with Crippen LogP contribution in [0.5, 0.6) is 0 Å². The lowest BCUT2D eigenvalue weighted by atomic mass is 10.2. The second kappa shape index (κ2) is 7.17. The third kappa shape index (κ3) is 3.87. The van der Waals surface area contributed by atoms with E-state index in [2.05, 4.69) is 20.8 Å². The van der Waals surface area contributed by atoms with Crippen molar-refractivity contribution in [3.05, 3.63) is 78.2 Å². The van der Waals surface area contributed by atoms with Crippen LogP contribution in [0.25, 0.3) is 11.5 Å². The summed E-state index contributed by atoms with van der Waals surface area (Å²) in [5.74, 6) is -0.0217. The lowest BCUT2D eigenvalue weighted by molar-refractivity contribution is 0.101. The molecular formula is C20H16N4O3. The van der Waals surface area contributed by atoms with Crippen LogP contribution >= 0.6 is 0 Å². The fraction of sp³-hybridized carbons (Fsp3) is 0.0500. The highest BCUT2D eigenvalue weighted by Gasteiger charge is 2.16. The average molecular weight is 360 g/mol. The van der Waals surface area contributed by atoms with Crippen molar-refractivity contribution < 1.29 is 13.7 Å². The third-order valence-electron chi connectivity index (χ3n) is 3.83. The molecule has 0 bridgehead atoms. The average Bonchev–Trinajstić information content (AvgIpc) is 3.34. The zero-order chi connectivity index (χ0) is 18.6. The van der Waals surface area contributed by atoms with Gasteiger partial charge >= 0.3 is 0 Å². The molecule has 0 fully saturated rings. The summed E-state index contributed by atoms with van der Waals surface area (Å²) in [6, 6.07) is 18.8. The van der Waals surface area contributed by atoms with Crippen LogP contribution in [0.2, 0.25) is 0 Å². The molecule has 2 N–H and O–H groups in total. The third-order valence-corrected chi connectivity index (χ3v) is 3.83. The predicted molar refractivity (Wildman–Crippen MR) is 101 cm³/mol. The van der Waals surface area contributed by atoms with E-state index in [0.717, 1.165) is 11.3 Å². The standard InChI is InChI=1S/C20H16N4O3/c1-13-7-9-15(10-8-13)22-20-23-17(12-26-20)18-11-16(24-27-18)19(25)21-14-5-3-2-4-6-14/h2-12H,1H3,(H,21,25)(H,22,23). The number of amides is 1. The summed E-state index contributed by atoms with van der Waals surface area (Å²) in [5.41, 5.74) is 3.30. The number of hydrogen-bond acceptors (Lipinski definition) is 6. The molecule has 0 radical (unpaired) electrons. The van der Waals surface area contributed by atoms with Crippen LogP contribution in [0.15, 0.2) is 75.9 Å². The number of aromatic nitrogens is 2. The van der Waals surface area contributed by atoms with Crippen LogP contribution in [0, 0.1) is 6.92 Å². The Hall–Kier alpha value is -3.87. The topological polar surface area (TPSA) is 93.2 Å². The Morgan fingerprint density at radius 3 is 2.56 bits per heavy atom. The Bertz CT molecular complexity index is 1050. The van der Waals surface area contributed by atoms with Crippen LogP contribution < -0.4 is 10.6 Å². The van der Waals surface area contributed by atoms with Crippen molar-refractivity contribution in [1.82, 2.24) is 10.1 Å². The Balaban J connectivity index is 1.46. The molecule has 0 aliphatic heterocycles. The molecule has 4 rings (SSSR count). The molecule has 0 saturated heterocycles. The van der Waals surface area contributed by atoms with Crippen molar-refractivity contribution in [3.8, 4) is 11.5 Å². The molecule has 1 amide bonds. The van der Waals surface area contributed by atoms with E-state index in [1.807, 2.05) is 49.4 Å². The zero-order valence-electron chi connectivity index (χ0n) is 14.5. The minimum absolute atomic E-state index is 0.157. The number of anilines is 3. The van der Waals surface area contributed by atoms with E-state index in [0.29, 0.717) is 23.2 Å². The number of aryl methyl sites for hydroxylation is 1. The first kappa shape index (κ1) is 16.6. The monoisotopic (exact) mass is 360 g/mol. The summed E-state index contributed by atoms with van der Waals surface area (Å²) in [6.45, 7) is 2.02. The van der Waals surface area contributed by atoms with Crippen LogP contribution in [-0.4, -0.2) is 16.0 Å². The van der Waals surface area contributed by atoms with E-state index in [4.69, 9.17) is 8.94 Å². The Kier molecular flexibility index (Phi) is 4.40. The largest absolute Gasteiger partial charge is 0.431 e. The van der Waals surface area contributed by atoms with Gasteiger partial charge in [0.25, 0.3) is 11.9 Å². The molecule has 0 aliphatic carbocycles. The van der Waals surface area contributed by atoms with Crippen LogP contribution in [0.1, 0.15) is 16.1 Å². The van der Waals surface area contributed by atoms with Gasteiger partial charge in [0.2, 0.25) is 0 Å². The maximum absolute atomic E-state index is 12.2. The van der Waals surface area contributed by atoms with Gasteiger partial charge in [-0.1, -0.05) is 41.1 Å². The number of nitrogens with zero attached hydrogens (tertiary/aromatic N) is 2. The fourth-order valence-electron chi connectivity index (χ4n) is 2.42. The molecule has 2 heterocycles. The van der Waals surface area contributed by atoms with Crippen molar-refractivity contribution in [3.63, 3.8) is 0 Å². The van der Waals surface area contributed by atoms with E-state index >= 15 is 0 Å². The van der Waals surface area contributed by atoms with Crippen LogP contribution in [0.3, 0.4) is 0 Å². The number of hydrogen-bond donors (Lipinski definition) is 2. The van der Waals surface area contributed by atoms with Crippen molar-refractivity contribution in [2.24, 2.45) is 0 Å². The van der Waals surface area contributed by atoms with Gasteiger partial charge in [0, 0.05) is 17.4 Å². The molecular weight excluding hydrogens is 344 g/mol. The lowest BCUT2D eigenvalue weighted by Crippen LogP contribution is -2.11. The van der Waals surface area contributed by atoms with Crippen molar-refractivity contribution in [1.29, 1.82) is 0 Å². The SMILES string of the molecule is Cc1ccc(Nc2nc(-c3cc(C(=O)Nc4ccccc4)no3)co2)cc1. The van der Waals surface area contributed by atoms with E-state index < -0.39 is 0 Å². The molecule has 7 nitrogen and oxygen atoms in total. The Morgan fingerprint density at radius 2 is 1.78 bits per heavy atom. The molecule has 27 heavy (non-hydrogen) atoms. The van der Waals surface area contributed by atoms with Gasteiger partial charge in [0.05, 0.1) is 0 Å². The summed E-state index contributed by atoms with van der Waals surface area (Å²) in [7, 11) is 0. The molecule has 0 saturated carbocycles. The number of carbonyl (C=O) groups excluding carboxylic acids is 1. The molecule has 2 aromatic heterocycles. The molecule has 0 unspecified atom stereocenters. The second-order valence-electron chi connectivity index (χ2n) is 5.93. The Labute approximate surface area is 155 Å². The number of oxazole rings is 1. The quantitative estimate of drug-likeness (QED) is 0.539. The van der Waals surface area contributed by atoms with Gasteiger partial charge in [-0.2, -0.15) is 4.98 Å². The Morgan fingerprint density at radius 1 is 1.00 bits per heavy atom. The minimum Gasteiger partial charge on any atom is -0.431 e. The minimum atomic E-state index is -0.363. The van der Waals surface area contributed by atoms with Gasteiger partial charge in [-0.3, -0.25) is 4.79 Å². The first-order valence-corrected chi connectivity index (χ1v) is 8.30. The first-order valence-electron chi connectivity index (χ1n) is 8.30. The maximum Gasteiger partial charge on any atom is 0.299 e. The number of para-hydroxylation sites is 1. The summed E-state index contributed by atoms with van der Waals surface area (Å²) in [5, 5.41) is 9.61. The molecule has 4 aromatic rings. The number of nitrogens with one attached hydrogen (secondary N) is 2. The van der Waals surface area contributed by atoms with Gasteiger partial charge in [-0.25, -0.2) is 0 Å². The number of rotatable bonds is 5. The summed E-state index contributed by atoms with van der Waals surface area (Å²) >= 11 is 0. The molecule has 0 spiro atoms. The lowest BCUT2D eigenvalue weighted by Gasteiger charge is -2.01.